The number of carbonyl (C=O) groups is 4. The van der Waals surface area contributed by atoms with Crippen molar-refractivity contribution in [2.75, 3.05) is 18.1 Å². The van der Waals surface area contributed by atoms with Crippen LogP contribution in [0.2, 0.25) is 0 Å². The van der Waals surface area contributed by atoms with Crippen LogP contribution >= 0.6 is 0 Å². The van der Waals surface area contributed by atoms with Crippen LogP contribution in [0.3, 0.4) is 0 Å². The smallest absolute Gasteiger partial charge is 0.328 e. The predicted molar refractivity (Wildman–Crippen MR) is 124 cm³/mol. The number of ether oxygens (including phenoxy) is 2. The molecule has 6 rings (SSSR count). The van der Waals surface area contributed by atoms with Crippen LogP contribution in [0, 0.1) is 11.2 Å². The first kappa shape index (κ1) is 23.6. The van der Waals surface area contributed by atoms with Crippen molar-refractivity contribution < 1.29 is 37.6 Å². The number of carbonyl (C=O) groups excluding carboxylic acids is 4. The Morgan fingerprint density at radius 1 is 1.22 bits per heavy atom. The summed E-state index contributed by atoms with van der Waals surface area (Å²) in [6.07, 6.45) is 0.643. The van der Waals surface area contributed by atoms with E-state index in [1.54, 1.807) is 17.9 Å². The topological polar surface area (TPSA) is 152 Å². The SMILES string of the molecule is C[C@@H]1CN2c3c(cc4c(OCC[C@@H]5CCC(=O)N5)noc4c3F)CC3(C(=O)NC(=O)NC3=O)[C@H]2[C@H](C)O1. The molecule has 4 aliphatic heterocycles. The number of anilines is 1. The predicted octanol–water partition coefficient (Wildman–Crippen LogP) is 0.905. The fraction of sp³-hybridized carbons (Fsp3) is 0.542. The minimum Gasteiger partial charge on any atom is -0.475 e. The number of nitrogens with one attached hydrogen (secondary N) is 3. The normalized spacial score (nSPS) is 28.6. The number of barbiturate groups is 1. The second-order valence-corrected chi connectivity index (χ2v) is 10.1. The van der Waals surface area contributed by atoms with Gasteiger partial charge in [-0.25, -0.2) is 9.18 Å². The van der Waals surface area contributed by atoms with Crippen molar-refractivity contribution in [2.24, 2.45) is 5.41 Å². The summed E-state index contributed by atoms with van der Waals surface area (Å²) >= 11 is 0. The molecule has 37 heavy (non-hydrogen) atoms. The molecule has 0 bridgehead atoms. The van der Waals surface area contributed by atoms with Gasteiger partial charge in [-0.15, -0.1) is 0 Å². The average Bonchev–Trinajstić information content (AvgIpc) is 3.43. The quantitative estimate of drug-likeness (QED) is 0.505. The molecule has 2 aromatic rings. The van der Waals surface area contributed by atoms with Gasteiger partial charge in [-0.3, -0.25) is 25.0 Å². The van der Waals surface area contributed by atoms with Gasteiger partial charge in [-0.1, -0.05) is 0 Å². The lowest BCUT2D eigenvalue weighted by molar-refractivity contribution is -0.153. The first-order valence-corrected chi connectivity index (χ1v) is 12.3. The van der Waals surface area contributed by atoms with Crippen molar-refractivity contribution >= 4 is 40.4 Å². The molecule has 4 aliphatic rings. The second-order valence-electron chi connectivity index (χ2n) is 10.1. The van der Waals surface area contributed by atoms with Gasteiger partial charge in [0.05, 0.1) is 35.9 Å². The molecule has 0 radical (unpaired) electrons. The van der Waals surface area contributed by atoms with E-state index in [0.717, 1.165) is 6.42 Å². The van der Waals surface area contributed by atoms with E-state index in [-0.39, 0.29) is 60.2 Å². The monoisotopic (exact) mass is 515 g/mol. The summed E-state index contributed by atoms with van der Waals surface area (Å²) in [7, 11) is 0. The summed E-state index contributed by atoms with van der Waals surface area (Å²) in [5, 5.41) is 11.5. The number of halogens is 1. The lowest BCUT2D eigenvalue weighted by Crippen LogP contribution is -2.75. The van der Waals surface area contributed by atoms with Crippen molar-refractivity contribution in [1.29, 1.82) is 0 Å². The Labute approximate surface area is 210 Å². The molecule has 1 aromatic carbocycles. The zero-order valence-electron chi connectivity index (χ0n) is 20.3. The molecule has 3 fully saturated rings. The number of urea groups is 1. The van der Waals surface area contributed by atoms with Gasteiger partial charge in [0.15, 0.2) is 11.2 Å². The molecule has 1 spiro atoms. The number of hydrogen-bond donors (Lipinski definition) is 3. The molecule has 5 amide bonds. The standard InChI is InChI=1S/C24H26FN5O7/c1-10-9-30-17-12(8-24(19(30)11(2)36-10)21(32)27-23(34)28-22(24)33)7-14-18(16(17)25)37-29-20(14)35-6-5-13-3-4-15(31)26-13/h7,10-11,13,19H,3-6,8-9H2,1-2H3,(H,26,31)(H2,27,28,32,33,34)/t10-,11+,13+,19-/m1/s1. The summed E-state index contributed by atoms with van der Waals surface area (Å²) in [6, 6.07) is -0.137. The zero-order valence-corrected chi connectivity index (χ0v) is 20.3. The molecular weight excluding hydrogens is 489 g/mol. The number of fused-ring (bicyclic) bond motifs is 5. The van der Waals surface area contributed by atoms with Crippen LogP contribution < -0.4 is 25.6 Å². The van der Waals surface area contributed by atoms with Gasteiger partial charge in [0.25, 0.3) is 5.88 Å². The molecule has 3 N–H and O–H groups in total. The van der Waals surface area contributed by atoms with Crippen LogP contribution in [0.15, 0.2) is 10.6 Å². The number of benzene rings is 1. The van der Waals surface area contributed by atoms with E-state index < -0.39 is 41.2 Å². The Morgan fingerprint density at radius 3 is 2.68 bits per heavy atom. The first-order chi connectivity index (χ1) is 17.7. The molecule has 0 aliphatic carbocycles. The van der Waals surface area contributed by atoms with E-state index in [2.05, 4.69) is 21.1 Å². The van der Waals surface area contributed by atoms with E-state index in [4.69, 9.17) is 14.0 Å². The molecule has 196 valence electrons. The van der Waals surface area contributed by atoms with Crippen LogP contribution in [-0.4, -0.2) is 66.4 Å². The number of imide groups is 2. The molecule has 13 heteroatoms. The largest absolute Gasteiger partial charge is 0.475 e. The van der Waals surface area contributed by atoms with Gasteiger partial charge < -0.3 is 24.2 Å². The molecule has 4 atom stereocenters. The van der Waals surface area contributed by atoms with Crippen molar-refractivity contribution in [3.05, 3.63) is 17.4 Å². The number of rotatable bonds is 4. The molecule has 3 saturated heterocycles. The maximum absolute atomic E-state index is 16.0. The van der Waals surface area contributed by atoms with Gasteiger partial charge in [0.2, 0.25) is 23.3 Å². The van der Waals surface area contributed by atoms with E-state index in [1.807, 2.05) is 6.92 Å². The highest BCUT2D eigenvalue weighted by Crippen LogP contribution is 2.49. The third-order valence-corrected chi connectivity index (χ3v) is 7.72. The first-order valence-electron chi connectivity index (χ1n) is 12.3. The van der Waals surface area contributed by atoms with E-state index >= 15 is 4.39 Å². The fourth-order valence-corrected chi connectivity index (χ4v) is 6.22. The Bertz CT molecular complexity index is 1320. The number of amides is 5. The molecular formula is C24H26FN5O7. The Kier molecular flexibility index (Phi) is 5.37. The van der Waals surface area contributed by atoms with Gasteiger partial charge in [0, 0.05) is 31.8 Å². The lowest BCUT2D eigenvalue weighted by atomic mass is 9.66. The van der Waals surface area contributed by atoms with Crippen LogP contribution in [-0.2, 0) is 25.5 Å². The average molecular weight is 515 g/mol. The van der Waals surface area contributed by atoms with Crippen molar-refractivity contribution in [2.45, 2.75) is 63.8 Å². The Morgan fingerprint density at radius 2 is 1.97 bits per heavy atom. The van der Waals surface area contributed by atoms with Gasteiger partial charge >= 0.3 is 6.03 Å². The van der Waals surface area contributed by atoms with Crippen LogP contribution in [0.5, 0.6) is 5.88 Å². The minimum absolute atomic E-state index is 0.00190. The summed E-state index contributed by atoms with van der Waals surface area (Å²) < 4.78 is 33.1. The van der Waals surface area contributed by atoms with Gasteiger partial charge in [0.1, 0.15) is 0 Å². The molecule has 0 saturated carbocycles. The number of nitrogens with zero attached hydrogens (tertiary/aromatic N) is 2. The van der Waals surface area contributed by atoms with Crippen LogP contribution in [0.4, 0.5) is 14.9 Å². The minimum atomic E-state index is -1.72. The van der Waals surface area contributed by atoms with Crippen molar-refractivity contribution in [3.63, 3.8) is 0 Å². The van der Waals surface area contributed by atoms with E-state index in [1.165, 1.54) is 0 Å². The maximum Gasteiger partial charge on any atom is 0.328 e. The molecule has 0 unspecified atom stereocenters. The highest BCUT2D eigenvalue weighted by atomic mass is 19.1. The number of aromatic nitrogens is 1. The molecule has 5 heterocycles. The number of morpholine rings is 1. The Hall–Kier alpha value is -3.74. The summed E-state index contributed by atoms with van der Waals surface area (Å²) in [5.74, 6) is -2.11. The van der Waals surface area contributed by atoms with Crippen molar-refractivity contribution in [1.82, 2.24) is 21.1 Å². The van der Waals surface area contributed by atoms with Crippen molar-refractivity contribution in [3.8, 4) is 5.88 Å². The highest BCUT2D eigenvalue weighted by molar-refractivity contribution is 6.20. The number of hydrogen-bond acceptors (Lipinski definition) is 9. The Balaban J connectivity index is 1.40. The zero-order chi connectivity index (χ0) is 26.1. The van der Waals surface area contributed by atoms with Gasteiger partial charge in [-0.2, -0.15) is 0 Å². The fourth-order valence-electron chi connectivity index (χ4n) is 6.22. The summed E-state index contributed by atoms with van der Waals surface area (Å²) in [6.45, 7) is 3.98. The molecule has 1 aromatic heterocycles. The van der Waals surface area contributed by atoms with E-state index in [9.17, 15) is 19.2 Å². The second kappa shape index (κ2) is 8.40. The maximum atomic E-state index is 16.0. The van der Waals surface area contributed by atoms with Crippen LogP contribution in [0.1, 0.15) is 38.7 Å². The van der Waals surface area contributed by atoms with E-state index in [0.29, 0.717) is 18.4 Å². The highest BCUT2D eigenvalue weighted by Gasteiger charge is 2.63. The van der Waals surface area contributed by atoms with Gasteiger partial charge in [-0.05, 0) is 37.1 Å². The van der Waals surface area contributed by atoms with Crippen LogP contribution in [0.25, 0.3) is 11.0 Å². The third kappa shape index (κ3) is 3.55. The lowest BCUT2D eigenvalue weighted by Gasteiger charge is -2.55. The summed E-state index contributed by atoms with van der Waals surface area (Å²) in [4.78, 5) is 51.5. The molecule has 12 nitrogen and oxygen atoms in total. The third-order valence-electron chi connectivity index (χ3n) is 7.72. The summed E-state index contributed by atoms with van der Waals surface area (Å²) in [5.41, 5.74) is -1.23.